The summed E-state index contributed by atoms with van der Waals surface area (Å²) in [6.45, 7) is 0. The predicted octanol–water partition coefficient (Wildman–Crippen LogP) is -3.35. The van der Waals surface area contributed by atoms with Crippen molar-refractivity contribution in [3.8, 4) is 0 Å². The summed E-state index contributed by atoms with van der Waals surface area (Å²) in [4.78, 5) is 0. The van der Waals surface area contributed by atoms with Gasteiger partial charge < -0.3 is 5.02 Å². The molecule has 0 amide bonds. The van der Waals surface area contributed by atoms with Crippen molar-refractivity contribution in [1.29, 1.82) is 0 Å². The summed E-state index contributed by atoms with van der Waals surface area (Å²) < 4.78 is 0. The first kappa shape index (κ1) is 6.22. The molecule has 0 rings (SSSR count). The van der Waals surface area contributed by atoms with Crippen LogP contribution in [-0.4, -0.2) is 35.3 Å². The highest BCUT2D eigenvalue weighted by Crippen LogP contribution is 1.82. The van der Waals surface area contributed by atoms with Crippen LogP contribution in [0.4, 0.5) is 0 Å². The molecule has 0 radical (unpaired) electrons. The van der Waals surface area contributed by atoms with E-state index in [-0.39, 0.29) is 0 Å². The average Bonchev–Trinajstić information content (AvgIpc) is 1.65. The van der Waals surface area contributed by atoms with Crippen LogP contribution in [0.5, 0.6) is 0 Å². The molecule has 1 unspecified atom stereocenters. The second kappa shape index (κ2) is 3.41. The van der Waals surface area contributed by atoms with Crippen molar-refractivity contribution >= 4 is 30.2 Å². The molecule has 0 aliphatic heterocycles. The quantitative estimate of drug-likeness (QED) is 0.343. The maximum absolute atomic E-state index is 8.33. The lowest BCUT2D eigenvalue weighted by Gasteiger charge is -1.93. The molecule has 0 aliphatic rings. The van der Waals surface area contributed by atoms with E-state index in [0.717, 1.165) is 7.17 Å². The molecule has 6 heavy (non-hydrogen) atoms. The van der Waals surface area contributed by atoms with Crippen LogP contribution in [0.2, 0.25) is 5.62 Å². The van der Waals surface area contributed by atoms with Crippen molar-refractivity contribution < 1.29 is 5.02 Å². The van der Waals surface area contributed by atoms with Crippen molar-refractivity contribution in [2.45, 2.75) is 5.62 Å². The highest BCUT2D eigenvalue weighted by atomic mass is 16.2. The summed E-state index contributed by atoms with van der Waals surface area (Å²) in [6.07, 6.45) is 0. The van der Waals surface area contributed by atoms with Crippen molar-refractivity contribution in [3.05, 3.63) is 0 Å². The Kier molecular flexibility index (Phi) is 3.54. The fourth-order valence-electron chi connectivity index (χ4n) is 0.129. The molecule has 0 saturated heterocycles. The largest absolute Gasteiger partial charge is 0.455 e. The lowest BCUT2D eigenvalue weighted by molar-refractivity contribution is 0.605. The Hall–Kier alpha value is 0.220. The van der Waals surface area contributed by atoms with Crippen molar-refractivity contribution in [3.63, 3.8) is 0 Å². The summed E-state index contributed by atoms with van der Waals surface area (Å²) in [6, 6.07) is 0. The minimum atomic E-state index is 0.330. The molecule has 0 bridgehead atoms. The molecule has 0 aromatic rings. The minimum absolute atomic E-state index is 0.330. The Morgan fingerprint density at radius 2 is 2.17 bits per heavy atom. The Balaban J connectivity index is 2.75. The second-order valence-corrected chi connectivity index (χ2v) is 1.70. The Morgan fingerprint density at radius 3 is 2.17 bits per heavy atom. The third-order valence-electron chi connectivity index (χ3n) is 1.01. The van der Waals surface area contributed by atoms with Crippen LogP contribution >= 0.6 is 0 Å². The summed E-state index contributed by atoms with van der Waals surface area (Å²) >= 11 is 0. The van der Waals surface area contributed by atoms with Gasteiger partial charge in [-0.25, -0.2) is 0 Å². The van der Waals surface area contributed by atoms with Gasteiger partial charge in [-0.1, -0.05) is 5.62 Å². The van der Waals surface area contributed by atoms with Crippen LogP contribution < -0.4 is 0 Å². The molecule has 30 valence electrons. The lowest BCUT2D eigenvalue weighted by atomic mass is 9.33. The van der Waals surface area contributed by atoms with Crippen LogP contribution in [0.15, 0.2) is 0 Å². The molecule has 0 fully saturated rings. The summed E-state index contributed by atoms with van der Waals surface area (Å²) in [7, 11) is 5.51. The fourth-order valence-corrected chi connectivity index (χ4v) is 0.129. The van der Waals surface area contributed by atoms with Crippen LogP contribution in [0.1, 0.15) is 0 Å². The third kappa shape index (κ3) is 2.46. The monoisotopic (exact) mass is 80.1 g/mol. The average molecular weight is 79.3 g/mol. The van der Waals surface area contributed by atoms with Gasteiger partial charge >= 0.3 is 0 Å². The van der Waals surface area contributed by atoms with Gasteiger partial charge in [0.15, 0.2) is 0 Å². The van der Waals surface area contributed by atoms with Gasteiger partial charge in [-0.15, -0.1) is 0 Å². The van der Waals surface area contributed by atoms with Gasteiger partial charge in [-0.3, -0.25) is 0 Å². The van der Waals surface area contributed by atoms with Gasteiger partial charge in [-0.05, 0) is 0 Å². The topological polar surface area (TPSA) is 20.2 Å². The molecule has 1 nitrogen and oxygen atoms in total. The normalized spacial score (nSPS) is 12.8. The molecule has 0 aromatic heterocycles. The minimum Gasteiger partial charge on any atom is -0.455 e. The van der Waals surface area contributed by atoms with Gasteiger partial charge in [0, 0.05) is 0 Å². The molecule has 0 saturated carbocycles. The predicted molar refractivity (Wildman–Crippen MR) is 37.4 cm³/mol. The van der Waals surface area contributed by atoms with Crippen LogP contribution in [-0.2, 0) is 0 Å². The maximum Gasteiger partial charge on any atom is 0.258 e. The van der Waals surface area contributed by atoms with Crippen LogP contribution in [0, 0.1) is 0 Å². The Bertz CT molecular complexity index is 26.7. The first-order valence-electron chi connectivity index (χ1n) is 2.42. The van der Waals surface area contributed by atoms with E-state index < -0.39 is 0 Å². The van der Waals surface area contributed by atoms with Crippen molar-refractivity contribution in [2.75, 3.05) is 0 Å². The van der Waals surface area contributed by atoms with E-state index in [1.54, 1.807) is 0 Å². The molecule has 0 aromatic carbocycles. The van der Waals surface area contributed by atoms with Gasteiger partial charge in [-0.2, -0.15) is 0 Å². The summed E-state index contributed by atoms with van der Waals surface area (Å²) in [5, 5.41) is 8.33. The number of hydrogen-bond donors (Lipinski definition) is 1. The Morgan fingerprint density at radius 1 is 1.67 bits per heavy atom. The van der Waals surface area contributed by atoms with Crippen LogP contribution in [0.25, 0.3) is 0 Å². The smallest absolute Gasteiger partial charge is 0.258 e. The molecule has 1 atom stereocenters. The third-order valence-corrected chi connectivity index (χ3v) is 1.01. The van der Waals surface area contributed by atoms with E-state index >= 15 is 0 Å². The zero-order valence-corrected chi connectivity index (χ0v) is 4.44. The molecule has 0 heterocycles. The van der Waals surface area contributed by atoms with E-state index in [4.69, 9.17) is 5.02 Å². The SMILES string of the molecule is BBC(B)BO. The molecule has 5 heteroatoms. The first-order chi connectivity index (χ1) is 2.81. The maximum atomic E-state index is 8.33. The first-order valence-corrected chi connectivity index (χ1v) is 2.42. The fraction of sp³-hybridized carbons (Fsp3) is 1.00. The zero-order valence-electron chi connectivity index (χ0n) is 4.44. The van der Waals surface area contributed by atoms with E-state index in [2.05, 4.69) is 7.74 Å². The van der Waals surface area contributed by atoms with Crippen LogP contribution in [0.3, 0.4) is 0 Å². The highest BCUT2D eigenvalue weighted by molar-refractivity contribution is 6.97. The molecular weight excluding hydrogens is 71.3 g/mol. The van der Waals surface area contributed by atoms with Crippen molar-refractivity contribution in [1.82, 2.24) is 0 Å². The second-order valence-electron chi connectivity index (χ2n) is 1.70. The molecule has 0 aliphatic carbocycles. The van der Waals surface area contributed by atoms with E-state index in [1.807, 2.05) is 7.85 Å². The number of hydrogen-bond acceptors (Lipinski definition) is 1. The molecule has 0 spiro atoms. The van der Waals surface area contributed by atoms with E-state index in [9.17, 15) is 0 Å². The lowest BCUT2D eigenvalue weighted by Crippen LogP contribution is -2.10. The Labute approximate surface area is 41.8 Å². The van der Waals surface area contributed by atoms with Gasteiger partial charge in [0.2, 0.25) is 0 Å². The van der Waals surface area contributed by atoms with Gasteiger partial charge in [0.05, 0.1) is 22.8 Å². The summed E-state index contributed by atoms with van der Waals surface area (Å²) in [5.74, 6) is 0. The van der Waals surface area contributed by atoms with E-state index in [1.165, 1.54) is 0 Å². The zero-order chi connectivity index (χ0) is 4.99. The summed E-state index contributed by atoms with van der Waals surface area (Å²) in [5.41, 5.74) is 0.491. The highest BCUT2D eigenvalue weighted by Gasteiger charge is 1.96. The van der Waals surface area contributed by atoms with E-state index in [0.29, 0.717) is 13.1 Å². The standard InChI is InChI=1S/CH8B4O/c2-1(4-3)5-6/h1,4-6H,2-3H2. The van der Waals surface area contributed by atoms with Gasteiger partial charge in [0.25, 0.3) is 7.48 Å². The molecular formula is CH8B4O. The number of rotatable bonds is 2. The van der Waals surface area contributed by atoms with Gasteiger partial charge in [0.1, 0.15) is 0 Å². The van der Waals surface area contributed by atoms with Crippen molar-refractivity contribution in [2.24, 2.45) is 0 Å². The molecule has 1 N–H and O–H groups in total.